The van der Waals surface area contributed by atoms with Gasteiger partial charge in [-0.15, -0.1) is 0 Å². The van der Waals surface area contributed by atoms with E-state index in [9.17, 15) is 19.5 Å². The lowest BCUT2D eigenvalue weighted by molar-refractivity contribution is -0.123. The highest BCUT2D eigenvalue weighted by atomic mass is 16.5. The average Bonchev–Trinajstić information content (AvgIpc) is 3.15. The van der Waals surface area contributed by atoms with Gasteiger partial charge in [-0.1, -0.05) is 25.1 Å². The number of esters is 1. The minimum absolute atomic E-state index is 0.0827. The molecule has 1 heterocycles. The van der Waals surface area contributed by atoms with Crippen molar-refractivity contribution >= 4 is 23.5 Å². The Labute approximate surface area is 189 Å². The smallest absolute Gasteiger partial charge is 0.355 e. The summed E-state index contributed by atoms with van der Waals surface area (Å²) in [5, 5.41) is 10.2. The van der Waals surface area contributed by atoms with Crippen LogP contribution in [-0.4, -0.2) is 40.2 Å². The Bertz CT molecular complexity index is 972. The minimum atomic E-state index is -1.21. The predicted octanol–water partition coefficient (Wildman–Crippen LogP) is 4.92. The quantitative estimate of drug-likeness (QED) is 0.617. The van der Waals surface area contributed by atoms with E-state index in [0.717, 1.165) is 25.7 Å². The number of carbonyl (C=O) groups excluding carboxylic acids is 2. The van der Waals surface area contributed by atoms with E-state index >= 15 is 0 Å². The number of aromatic nitrogens is 1. The molecule has 1 fully saturated rings. The van der Waals surface area contributed by atoms with Crippen LogP contribution in [0.3, 0.4) is 0 Å². The van der Waals surface area contributed by atoms with Gasteiger partial charge < -0.3 is 19.3 Å². The van der Waals surface area contributed by atoms with E-state index in [4.69, 9.17) is 4.74 Å². The molecule has 3 rings (SSSR count). The second-order valence-electron chi connectivity index (χ2n) is 8.73. The van der Waals surface area contributed by atoms with Crippen LogP contribution in [0.1, 0.15) is 74.2 Å². The van der Waals surface area contributed by atoms with E-state index in [-0.39, 0.29) is 41.4 Å². The molecule has 1 amide bonds. The first-order valence-corrected chi connectivity index (χ1v) is 11.3. The van der Waals surface area contributed by atoms with Crippen LogP contribution in [0.2, 0.25) is 0 Å². The first kappa shape index (κ1) is 23.6. The molecule has 0 unspecified atom stereocenters. The van der Waals surface area contributed by atoms with Crippen LogP contribution in [-0.2, 0) is 9.53 Å². The number of rotatable bonds is 7. The summed E-state index contributed by atoms with van der Waals surface area (Å²) in [6, 6.07) is 8.59. The van der Waals surface area contributed by atoms with Gasteiger partial charge in [0.15, 0.2) is 5.69 Å². The highest BCUT2D eigenvalue weighted by molar-refractivity contribution is 6.10. The Kier molecular flexibility index (Phi) is 7.38. The van der Waals surface area contributed by atoms with Crippen molar-refractivity contribution in [1.82, 2.24) is 4.57 Å². The fourth-order valence-corrected chi connectivity index (χ4v) is 4.42. The molecule has 0 saturated heterocycles. The van der Waals surface area contributed by atoms with Crippen molar-refractivity contribution in [3.8, 4) is 5.69 Å². The number of ether oxygens (including phenoxy) is 1. The van der Waals surface area contributed by atoms with Gasteiger partial charge in [0.05, 0.1) is 12.3 Å². The number of carbonyl (C=O) groups is 3. The fourth-order valence-electron chi connectivity index (χ4n) is 4.42. The second kappa shape index (κ2) is 10.0. The van der Waals surface area contributed by atoms with E-state index in [1.165, 1.54) is 15.7 Å². The van der Waals surface area contributed by atoms with Crippen molar-refractivity contribution in [2.45, 2.75) is 59.4 Å². The summed E-state index contributed by atoms with van der Waals surface area (Å²) in [5.74, 6) is -1.60. The van der Waals surface area contributed by atoms with Gasteiger partial charge in [-0.3, -0.25) is 4.79 Å². The molecule has 1 N–H and O–H groups in total. The van der Waals surface area contributed by atoms with Gasteiger partial charge in [-0.2, -0.15) is 0 Å². The normalized spacial score (nSPS) is 18.4. The number of amides is 1. The highest BCUT2D eigenvalue weighted by Crippen LogP contribution is 2.36. The van der Waals surface area contributed by atoms with E-state index in [1.54, 1.807) is 31.2 Å². The molecule has 1 aliphatic carbocycles. The summed E-state index contributed by atoms with van der Waals surface area (Å²) in [4.78, 5) is 40.5. The van der Waals surface area contributed by atoms with E-state index in [1.807, 2.05) is 19.9 Å². The standard InChI is InChI=1S/C25H32N2O5/c1-5-32-25(31)20-15-26(19-9-7-6-8-10-19)22(24(29)30)21(20)27(16(2)3)23(28)18-13-11-17(4)12-14-18/h6-10,15-18H,5,11-14H2,1-4H3,(H,29,30)/t17-,18-. The molecule has 0 bridgehead atoms. The summed E-state index contributed by atoms with van der Waals surface area (Å²) in [6.45, 7) is 7.70. The van der Waals surface area contributed by atoms with Crippen molar-refractivity contribution < 1.29 is 24.2 Å². The number of carboxylic acids is 1. The van der Waals surface area contributed by atoms with Gasteiger partial charge in [0, 0.05) is 23.8 Å². The molecule has 7 heteroatoms. The maximum absolute atomic E-state index is 13.7. The number of hydrogen-bond acceptors (Lipinski definition) is 4. The minimum Gasteiger partial charge on any atom is -0.476 e. The third-order valence-electron chi connectivity index (χ3n) is 6.07. The predicted molar refractivity (Wildman–Crippen MR) is 122 cm³/mol. The van der Waals surface area contributed by atoms with Crippen molar-refractivity contribution in [3.63, 3.8) is 0 Å². The van der Waals surface area contributed by atoms with Crippen LogP contribution >= 0.6 is 0 Å². The van der Waals surface area contributed by atoms with Crippen LogP contribution in [0.4, 0.5) is 5.69 Å². The largest absolute Gasteiger partial charge is 0.476 e. The molecule has 0 atom stereocenters. The fraction of sp³-hybridized carbons (Fsp3) is 0.480. The lowest BCUT2D eigenvalue weighted by atomic mass is 9.82. The van der Waals surface area contributed by atoms with E-state index in [2.05, 4.69) is 6.92 Å². The third kappa shape index (κ3) is 4.71. The molecule has 1 aromatic carbocycles. The zero-order valence-electron chi connectivity index (χ0n) is 19.2. The Morgan fingerprint density at radius 2 is 1.75 bits per heavy atom. The number of aromatic carboxylic acids is 1. The molecular formula is C25H32N2O5. The molecule has 0 spiro atoms. The molecule has 2 aromatic rings. The van der Waals surface area contributed by atoms with Gasteiger partial charge in [-0.05, 0) is 64.5 Å². The van der Waals surface area contributed by atoms with Crippen molar-refractivity contribution in [2.75, 3.05) is 11.5 Å². The topological polar surface area (TPSA) is 88.8 Å². The molecule has 7 nitrogen and oxygen atoms in total. The monoisotopic (exact) mass is 440 g/mol. The van der Waals surface area contributed by atoms with Crippen molar-refractivity contribution in [2.24, 2.45) is 11.8 Å². The molecule has 32 heavy (non-hydrogen) atoms. The number of nitrogens with zero attached hydrogens (tertiary/aromatic N) is 2. The SMILES string of the molecule is CCOC(=O)c1cn(-c2ccccc2)c(C(=O)O)c1N(C(=O)[C@H]1CC[C@H](C)CC1)C(C)C. The molecule has 1 aliphatic rings. The Morgan fingerprint density at radius 1 is 1.12 bits per heavy atom. The summed E-state index contributed by atoms with van der Waals surface area (Å²) >= 11 is 0. The Balaban J connectivity index is 2.20. The maximum atomic E-state index is 13.7. The summed E-state index contributed by atoms with van der Waals surface area (Å²) in [6.07, 6.45) is 4.92. The zero-order valence-corrected chi connectivity index (χ0v) is 19.2. The summed E-state index contributed by atoms with van der Waals surface area (Å²) in [7, 11) is 0. The van der Waals surface area contributed by atoms with E-state index < -0.39 is 11.9 Å². The highest BCUT2D eigenvalue weighted by Gasteiger charge is 2.37. The molecule has 1 aromatic heterocycles. The molecule has 0 aliphatic heterocycles. The molecule has 172 valence electrons. The van der Waals surface area contributed by atoms with Crippen LogP contribution in [0, 0.1) is 11.8 Å². The lowest BCUT2D eigenvalue weighted by Crippen LogP contribution is -2.43. The summed E-state index contributed by atoms with van der Waals surface area (Å²) < 4.78 is 6.69. The number of benzene rings is 1. The molecular weight excluding hydrogens is 408 g/mol. The van der Waals surface area contributed by atoms with Crippen molar-refractivity contribution in [1.29, 1.82) is 0 Å². The lowest BCUT2D eigenvalue weighted by Gasteiger charge is -2.34. The van der Waals surface area contributed by atoms with Crippen LogP contribution < -0.4 is 4.90 Å². The Morgan fingerprint density at radius 3 is 2.28 bits per heavy atom. The number of para-hydroxylation sites is 1. The average molecular weight is 441 g/mol. The number of carboxylic acid groups (broad SMARTS) is 1. The van der Waals surface area contributed by atoms with Gasteiger partial charge in [0.25, 0.3) is 0 Å². The zero-order chi connectivity index (χ0) is 23.4. The molecule has 1 saturated carbocycles. The van der Waals surface area contributed by atoms with Crippen molar-refractivity contribution in [3.05, 3.63) is 47.8 Å². The van der Waals surface area contributed by atoms with Gasteiger partial charge in [0.2, 0.25) is 5.91 Å². The van der Waals surface area contributed by atoms with Gasteiger partial charge >= 0.3 is 11.9 Å². The summed E-state index contributed by atoms with van der Waals surface area (Å²) in [5.41, 5.74) is 0.660. The number of anilines is 1. The second-order valence-corrected chi connectivity index (χ2v) is 8.73. The van der Waals surface area contributed by atoms with Crippen LogP contribution in [0.5, 0.6) is 0 Å². The maximum Gasteiger partial charge on any atom is 0.355 e. The molecule has 0 radical (unpaired) electrons. The van der Waals surface area contributed by atoms with Gasteiger partial charge in [-0.25, -0.2) is 9.59 Å². The first-order chi connectivity index (χ1) is 15.3. The Hall–Kier alpha value is -3.09. The van der Waals surface area contributed by atoms with Crippen LogP contribution in [0.25, 0.3) is 5.69 Å². The van der Waals surface area contributed by atoms with Gasteiger partial charge in [0.1, 0.15) is 5.56 Å². The van der Waals surface area contributed by atoms with E-state index in [0.29, 0.717) is 11.6 Å². The first-order valence-electron chi connectivity index (χ1n) is 11.3. The number of hydrogen-bond donors (Lipinski definition) is 1. The van der Waals surface area contributed by atoms with Crippen LogP contribution in [0.15, 0.2) is 36.5 Å². The third-order valence-corrected chi connectivity index (χ3v) is 6.07.